The summed E-state index contributed by atoms with van der Waals surface area (Å²) in [6.45, 7) is 4.28. The van der Waals surface area contributed by atoms with Crippen molar-refractivity contribution < 1.29 is 13.5 Å². The van der Waals surface area contributed by atoms with Crippen LogP contribution >= 0.6 is 0 Å². The van der Waals surface area contributed by atoms with Crippen molar-refractivity contribution in [3.05, 3.63) is 53.6 Å². The molecule has 1 aromatic rings. The summed E-state index contributed by atoms with van der Waals surface area (Å²) in [6.07, 6.45) is 20.9. The second-order valence-electron chi connectivity index (χ2n) is 10.5. The molecule has 1 nitrogen and oxygen atoms in total. The summed E-state index contributed by atoms with van der Waals surface area (Å²) in [5, 5.41) is 0. The molecule has 3 fully saturated rings. The van der Waals surface area contributed by atoms with E-state index in [2.05, 4.69) is 19.1 Å². The normalized spacial score (nSPS) is 33.5. The molecule has 0 bridgehead atoms. The summed E-state index contributed by atoms with van der Waals surface area (Å²) in [5.74, 6) is 2.71. The fraction of sp³-hybridized carbons (Fsp3) is 0.655. The number of hydrogen-bond acceptors (Lipinski definition) is 1. The Kier molecular flexibility index (Phi) is 8.07. The lowest BCUT2D eigenvalue weighted by molar-refractivity contribution is 0.0742. The van der Waals surface area contributed by atoms with Gasteiger partial charge in [0.2, 0.25) is 5.82 Å². The zero-order valence-electron chi connectivity index (χ0n) is 19.9. The second kappa shape index (κ2) is 11.0. The van der Waals surface area contributed by atoms with Crippen molar-refractivity contribution in [1.29, 1.82) is 0 Å². The van der Waals surface area contributed by atoms with E-state index >= 15 is 0 Å². The molecule has 0 aliphatic heterocycles. The molecule has 1 aromatic carbocycles. The van der Waals surface area contributed by atoms with Gasteiger partial charge in [-0.3, -0.25) is 0 Å². The lowest BCUT2D eigenvalue weighted by atomic mass is 9.60. The zero-order valence-corrected chi connectivity index (χ0v) is 19.9. The highest BCUT2D eigenvalue weighted by Gasteiger charge is 2.39. The van der Waals surface area contributed by atoms with E-state index in [1.54, 1.807) is 18.2 Å². The molecule has 0 aromatic heterocycles. The smallest absolute Gasteiger partial charge is 0.200 e. The highest BCUT2D eigenvalue weighted by Crippen LogP contribution is 2.51. The van der Waals surface area contributed by atoms with Crippen LogP contribution in [-0.4, -0.2) is 6.61 Å². The van der Waals surface area contributed by atoms with Gasteiger partial charge < -0.3 is 4.74 Å². The maximum atomic E-state index is 14.9. The summed E-state index contributed by atoms with van der Waals surface area (Å²) in [5.41, 5.74) is 0.559. The van der Waals surface area contributed by atoms with Gasteiger partial charge in [0.25, 0.3) is 0 Å². The van der Waals surface area contributed by atoms with Gasteiger partial charge in [-0.2, -0.15) is 4.39 Å². The molecule has 0 N–H and O–H groups in total. The van der Waals surface area contributed by atoms with E-state index in [0.29, 0.717) is 11.5 Å². The van der Waals surface area contributed by atoms with Gasteiger partial charge in [0.05, 0.1) is 0 Å². The molecule has 0 spiro atoms. The van der Waals surface area contributed by atoms with Crippen molar-refractivity contribution in [3.8, 4) is 5.75 Å². The molecule has 0 heterocycles. The average Bonchev–Trinajstić information content (AvgIpc) is 2.82. The molecular formula is C29H40F2O. The Bertz CT molecular complexity index is 806. The van der Waals surface area contributed by atoms with E-state index in [1.807, 2.05) is 13.0 Å². The third kappa shape index (κ3) is 5.29. The van der Waals surface area contributed by atoms with Gasteiger partial charge in [-0.05, 0) is 125 Å². The molecule has 3 aliphatic rings. The first-order valence-corrected chi connectivity index (χ1v) is 12.9. The Hall–Kier alpha value is -1.64. The number of benzene rings is 1. The summed E-state index contributed by atoms with van der Waals surface area (Å²) < 4.78 is 34.8. The third-order valence-corrected chi connectivity index (χ3v) is 8.69. The van der Waals surface area contributed by atoms with Crippen LogP contribution in [0.15, 0.2) is 36.4 Å². The van der Waals surface area contributed by atoms with E-state index in [-0.39, 0.29) is 18.3 Å². The van der Waals surface area contributed by atoms with E-state index in [4.69, 9.17) is 4.74 Å². The Morgan fingerprint density at radius 2 is 1.44 bits per heavy atom. The van der Waals surface area contributed by atoms with Crippen molar-refractivity contribution in [2.45, 2.75) is 84.0 Å². The zero-order chi connectivity index (χ0) is 22.5. The van der Waals surface area contributed by atoms with E-state index < -0.39 is 11.6 Å². The van der Waals surface area contributed by atoms with Crippen LogP contribution in [0.4, 0.5) is 8.78 Å². The van der Waals surface area contributed by atoms with Crippen molar-refractivity contribution in [2.24, 2.45) is 29.6 Å². The average molecular weight is 443 g/mol. The van der Waals surface area contributed by atoms with Crippen LogP contribution in [0.25, 0.3) is 0 Å². The molecule has 3 heteroatoms. The predicted octanol–water partition coefficient (Wildman–Crippen LogP) is 8.60. The van der Waals surface area contributed by atoms with Crippen molar-refractivity contribution in [3.63, 3.8) is 0 Å². The topological polar surface area (TPSA) is 9.23 Å². The van der Waals surface area contributed by atoms with Crippen LogP contribution < -0.4 is 4.74 Å². The van der Waals surface area contributed by atoms with Crippen LogP contribution in [0.5, 0.6) is 5.75 Å². The van der Waals surface area contributed by atoms with Gasteiger partial charge in [0.1, 0.15) is 6.61 Å². The molecular weight excluding hydrogens is 402 g/mol. The SMILES string of the molecule is C/C=C/COc1ccc(C2CCC3CC(C4CCC(/C=C/C)CC4)CCC3C2)c(F)c1F. The highest BCUT2D eigenvalue weighted by atomic mass is 19.2. The van der Waals surface area contributed by atoms with Crippen LogP contribution in [0.2, 0.25) is 0 Å². The largest absolute Gasteiger partial charge is 0.486 e. The molecule has 176 valence electrons. The first kappa shape index (κ1) is 23.5. The third-order valence-electron chi connectivity index (χ3n) is 8.69. The molecule has 3 saturated carbocycles. The quantitative estimate of drug-likeness (QED) is 0.401. The molecule has 0 saturated heterocycles. The Morgan fingerprint density at radius 3 is 2.16 bits per heavy atom. The number of rotatable bonds is 6. The Balaban J connectivity index is 1.33. The van der Waals surface area contributed by atoms with Crippen molar-refractivity contribution >= 4 is 0 Å². The lowest BCUT2D eigenvalue weighted by Crippen LogP contribution is -2.34. The summed E-state index contributed by atoms with van der Waals surface area (Å²) in [6, 6.07) is 3.38. The monoisotopic (exact) mass is 442 g/mol. The van der Waals surface area contributed by atoms with Crippen LogP contribution in [0, 0.1) is 41.2 Å². The van der Waals surface area contributed by atoms with Gasteiger partial charge in [-0.1, -0.05) is 30.4 Å². The van der Waals surface area contributed by atoms with E-state index in [9.17, 15) is 8.78 Å². The van der Waals surface area contributed by atoms with Crippen LogP contribution in [0.3, 0.4) is 0 Å². The predicted molar refractivity (Wildman–Crippen MR) is 128 cm³/mol. The maximum absolute atomic E-state index is 14.9. The minimum absolute atomic E-state index is 0.0164. The molecule has 32 heavy (non-hydrogen) atoms. The minimum Gasteiger partial charge on any atom is -0.486 e. The molecule has 4 unspecified atom stereocenters. The number of fused-ring (bicyclic) bond motifs is 1. The first-order chi connectivity index (χ1) is 15.6. The van der Waals surface area contributed by atoms with Gasteiger partial charge in [0.15, 0.2) is 11.6 Å². The lowest BCUT2D eigenvalue weighted by Gasteiger charge is -2.45. The summed E-state index contributed by atoms with van der Waals surface area (Å²) >= 11 is 0. The molecule has 0 radical (unpaired) electrons. The maximum Gasteiger partial charge on any atom is 0.200 e. The summed E-state index contributed by atoms with van der Waals surface area (Å²) in [4.78, 5) is 0. The standard InChI is InChI=1S/C29H40F2O/c1-3-5-17-32-27-16-15-26(28(30)29(27)31)25-14-13-23-18-22(11-12-24(23)19-25)21-9-7-20(6-4-2)8-10-21/h3-6,15-16,20-25H,7-14,17-19H2,1-2H3/b5-3+,6-4+. The summed E-state index contributed by atoms with van der Waals surface area (Å²) in [7, 11) is 0. The van der Waals surface area contributed by atoms with Crippen LogP contribution in [0.1, 0.15) is 89.5 Å². The van der Waals surface area contributed by atoms with Crippen molar-refractivity contribution in [2.75, 3.05) is 6.61 Å². The highest BCUT2D eigenvalue weighted by molar-refractivity contribution is 5.33. The fourth-order valence-corrected chi connectivity index (χ4v) is 6.92. The van der Waals surface area contributed by atoms with E-state index in [0.717, 1.165) is 36.5 Å². The number of allylic oxidation sites excluding steroid dienone is 3. The minimum atomic E-state index is -0.827. The van der Waals surface area contributed by atoms with Gasteiger partial charge in [0, 0.05) is 0 Å². The van der Waals surface area contributed by atoms with Crippen LogP contribution in [-0.2, 0) is 0 Å². The van der Waals surface area contributed by atoms with E-state index in [1.165, 1.54) is 51.4 Å². The second-order valence-corrected chi connectivity index (χ2v) is 10.5. The Morgan fingerprint density at radius 1 is 0.781 bits per heavy atom. The molecule has 0 amide bonds. The Labute approximate surface area is 193 Å². The number of hydrogen-bond donors (Lipinski definition) is 0. The first-order valence-electron chi connectivity index (χ1n) is 12.9. The molecule has 4 rings (SSSR count). The van der Waals surface area contributed by atoms with Gasteiger partial charge in [-0.25, -0.2) is 4.39 Å². The number of halogens is 2. The molecule has 4 atom stereocenters. The van der Waals surface area contributed by atoms with Crippen molar-refractivity contribution in [1.82, 2.24) is 0 Å². The molecule has 3 aliphatic carbocycles. The fourth-order valence-electron chi connectivity index (χ4n) is 6.92. The number of ether oxygens (including phenoxy) is 1. The van der Waals surface area contributed by atoms with Gasteiger partial charge >= 0.3 is 0 Å². The van der Waals surface area contributed by atoms with Gasteiger partial charge in [-0.15, -0.1) is 0 Å².